The van der Waals surface area contributed by atoms with Crippen LogP contribution in [-0.4, -0.2) is 6.04 Å². The van der Waals surface area contributed by atoms with Gasteiger partial charge in [0, 0.05) is 23.2 Å². The Kier molecular flexibility index (Phi) is 5.71. The van der Waals surface area contributed by atoms with E-state index < -0.39 is 0 Å². The molecule has 0 bridgehead atoms. The zero-order chi connectivity index (χ0) is 15.2. The van der Waals surface area contributed by atoms with Crippen molar-refractivity contribution in [2.75, 3.05) is 0 Å². The van der Waals surface area contributed by atoms with Gasteiger partial charge in [0.15, 0.2) is 0 Å². The highest BCUT2D eigenvalue weighted by Gasteiger charge is 2.05. The molecule has 0 atom stereocenters. The number of aryl methyl sites for hydroxylation is 1. The number of hydrogen-bond donors (Lipinski definition) is 1. The molecule has 0 aliphatic heterocycles. The molecule has 0 amide bonds. The Labute approximate surface area is 131 Å². The molecule has 0 radical (unpaired) electrons. The topological polar surface area (TPSA) is 34.4 Å². The van der Waals surface area contributed by atoms with Crippen molar-refractivity contribution < 1.29 is 9.15 Å². The van der Waals surface area contributed by atoms with Gasteiger partial charge in [0.1, 0.15) is 18.1 Å². The Balaban J connectivity index is 1.91. The van der Waals surface area contributed by atoms with Crippen LogP contribution in [0.5, 0.6) is 5.75 Å². The molecule has 1 aromatic carbocycles. The fourth-order valence-electron chi connectivity index (χ4n) is 1.98. The third-order valence-corrected chi connectivity index (χ3v) is 3.57. The lowest BCUT2D eigenvalue weighted by molar-refractivity contribution is 0.270. The molecule has 0 aliphatic carbocycles. The summed E-state index contributed by atoms with van der Waals surface area (Å²) in [6.45, 7) is 7.55. The summed E-state index contributed by atoms with van der Waals surface area (Å²) in [7, 11) is 0. The second-order valence-electron chi connectivity index (χ2n) is 5.35. The highest BCUT2D eigenvalue weighted by Crippen LogP contribution is 2.23. The Bertz CT molecular complexity index is 578. The van der Waals surface area contributed by atoms with Crippen LogP contribution in [0.25, 0.3) is 0 Å². The van der Waals surface area contributed by atoms with Crippen LogP contribution in [0.15, 0.2) is 34.9 Å². The van der Waals surface area contributed by atoms with Crippen LogP contribution >= 0.6 is 11.6 Å². The molecule has 1 heterocycles. The maximum absolute atomic E-state index is 6.10. The van der Waals surface area contributed by atoms with E-state index in [4.69, 9.17) is 20.8 Å². The predicted octanol–water partition coefficient (Wildman–Crippen LogP) is 4.57. The van der Waals surface area contributed by atoms with Crippen molar-refractivity contribution in [2.24, 2.45) is 0 Å². The standard InChI is InChI=1S/C17H22ClNO2/c1-4-14-8-15(5-6-17(14)18)21-11-16-7-13(10-20-16)9-19-12(2)3/h5-8,10,12,19H,4,9,11H2,1-3H3. The molecule has 114 valence electrons. The molecule has 0 saturated carbocycles. The molecule has 0 spiro atoms. The summed E-state index contributed by atoms with van der Waals surface area (Å²) in [5.74, 6) is 1.64. The Morgan fingerprint density at radius 3 is 2.81 bits per heavy atom. The predicted molar refractivity (Wildman–Crippen MR) is 85.8 cm³/mol. The van der Waals surface area contributed by atoms with Crippen molar-refractivity contribution >= 4 is 11.6 Å². The largest absolute Gasteiger partial charge is 0.486 e. The van der Waals surface area contributed by atoms with Crippen LogP contribution < -0.4 is 10.1 Å². The Morgan fingerprint density at radius 2 is 2.10 bits per heavy atom. The van der Waals surface area contributed by atoms with Crippen LogP contribution in [-0.2, 0) is 19.6 Å². The molecule has 0 unspecified atom stereocenters. The van der Waals surface area contributed by atoms with E-state index in [1.165, 1.54) is 0 Å². The average Bonchev–Trinajstić information content (AvgIpc) is 2.92. The number of nitrogens with one attached hydrogen (secondary N) is 1. The molecule has 21 heavy (non-hydrogen) atoms. The molecular weight excluding hydrogens is 286 g/mol. The van der Waals surface area contributed by atoms with Gasteiger partial charge in [-0.25, -0.2) is 0 Å². The highest BCUT2D eigenvalue weighted by atomic mass is 35.5. The van der Waals surface area contributed by atoms with E-state index >= 15 is 0 Å². The van der Waals surface area contributed by atoms with E-state index in [1.807, 2.05) is 24.3 Å². The second kappa shape index (κ2) is 7.53. The van der Waals surface area contributed by atoms with E-state index in [1.54, 1.807) is 6.26 Å². The first-order valence-corrected chi connectivity index (χ1v) is 7.67. The molecule has 4 heteroatoms. The first kappa shape index (κ1) is 15.9. The van der Waals surface area contributed by atoms with Gasteiger partial charge in [-0.2, -0.15) is 0 Å². The number of ether oxygens (including phenoxy) is 1. The fourth-order valence-corrected chi connectivity index (χ4v) is 2.23. The van der Waals surface area contributed by atoms with E-state index in [0.29, 0.717) is 12.6 Å². The maximum atomic E-state index is 6.10. The number of benzene rings is 1. The average molecular weight is 308 g/mol. The Morgan fingerprint density at radius 1 is 1.29 bits per heavy atom. The van der Waals surface area contributed by atoms with E-state index in [-0.39, 0.29) is 0 Å². The van der Waals surface area contributed by atoms with Gasteiger partial charge < -0.3 is 14.5 Å². The van der Waals surface area contributed by atoms with Gasteiger partial charge in [0.25, 0.3) is 0 Å². The zero-order valence-electron chi connectivity index (χ0n) is 12.8. The van der Waals surface area contributed by atoms with Gasteiger partial charge in [-0.3, -0.25) is 0 Å². The van der Waals surface area contributed by atoms with E-state index in [0.717, 1.165) is 40.6 Å². The number of halogens is 1. The van der Waals surface area contributed by atoms with Crippen LogP contribution in [0.4, 0.5) is 0 Å². The zero-order valence-corrected chi connectivity index (χ0v) is 13.5. The lowest BCUT2D eigenvalue weighted by Gasteiger charge is -2.07. The summed E-state index contributed by atoms with van der Waals surface area (Å²) in [4.78, 5) is 0. The number of furan rings is 1. The SMILES string of the molecule is CCc1cc(OCc2cc(CNC(C)C)co2)ccc1Cl. The molecule has 1 aromatic heterocycles. The molecule has 3 nitrogen and oxygen atoms in total. The van der Waals surface area contributed by atoms with E-state index in [2.05, 4.69) is 26.1 Å². The monoisotopic (exact) mass is 307 g/mol. The van der Waals surface area contributed by atoms with Crippen LogP contribution in [0, 0.1) is 0 Å². The first-order valence-electron chi connectivity index (χ1n) is 7.29. The minimum atomic E-state index is 0.423. The third-order valence-electron chi connectivity index (χ3n) is 3.20. The Hall–Kier alpha value is -1.45. The van der Waals surface area contributed by atoms with Crippen molar-refractivity contribution in [3.8, 4) is 5.75 Å². The second-order valence-corrected chi connectivity index (χ2v) is 5.76. The van der Waals surface area contributed by atoms with Crippen LogP contribution in [0.2, 0.25) is 5.02 Å². The molecule has 1 N–H and O–H groups in total. The van der Waals surface area contributed by atoms with Gasteiger partial charge in [0.05, 0.1) is 6.26 Å². The van der Waals surface area contributed by atoms with Crippen molar-refractivity contribution in [3.63, 3.8) is 0 Å². The molecule has 2 aromatic rings. The quantitative estimate of drug-likeness (QED) is 0.813. The van der Waals surface area contributed by atoms with Crippen molar-refractivity contribution in [3.05, 3.63) is 52.4 Å². The summed E-state index contributed by atoms with van der Waals surface area (Å²) in [6.07, 6.45) is 2.66. The molecule has 0 fully saturated rings. The normalized spacial score (nSPS) is 11.1. The lowest BCUT2D eigenvalue weighted by Crippen LogP contribution is -2.21. The fraction of sp³-hybridized carbons (Fsp3) is 0.412. The van der Waals surface area contributed by atoms with Gasteiger partial charge in [-0.1, -0.05) is 32.4 Å². The summed E-state index contributed by atoms with van der Waals surface area (Å²) in [5.41, 5.74) is 2.23. The van der Waals surface area contributed by atoms with Gasteiger partial charge >= 0.3 is 0 Å². The number of rotatable bonds is 7. The van der Waals surface area contributed by atoms with Gasteiger partial charge in [0.2, 0.25) is 0 Å². The van der Waals surface area contributed by atoms with Crippen LogP contribution in [0.1, 0.15) is 37.7 Å². The third kappa shape index (κ3) is 4.80. The van der Waals surface area contributed by atoms with Gasteiger partial charge in [-0.05, 0) is 36.2 Å². The summed E-state index contributed by atoms with van der Waals surface area (Å²) >= 11 is 6.10. The minimum absolute atomic E-state index is 0.423. The first-order chi connectivity index (χ1) is 10.1. The number of hydrogen-bond acceptors (Lipinski definition) is 3. The lowest BCUT2D eigenvalue weighted by atomic mass is 10.1. The summed E-state index contributed by atoms with van der Waals surface area (Å²) < 4.78 is 11.3. The molecule has 0 saturated heterocycles. The summed E-state index contributed by atoms with van der Waals surface area (Å²) in [5, 5.41) is 4.14. The molecular formula is C17H22ClNO2. The molecule has 2 rings (SSSR count). The van der Waals surface area contributed by atoms with Crippen molar-refractivity contribution in [1.82, 2.24) is 5.32 Å². The van der Waals surface area contributed by atoms with E-state index in [9.17, 15) is 0 Å². The van der Waals surface area contributed by atoms with Crippen molar-refractivity contribution in [2.45, 2.75) is 46.4 Å². The highest BCUT2D eigenvalue weighted by molar-refractivity contribution is 6.31. The minimum Gasteiger partial charge on any atom is -0.486 e. The maximum Gasteiger partial charge on any atom is 0.146 e. The van der Waals surface area contributed by atoms with Crippen molar-refractivity contribution in [1.29, 1.82) is 0 Å². The summed E-state index contributed by atoms with van der Waals surface area (Å²) in [6, 6.07) is 8.21. The van der Waals surface area contributed by atoms with Gasteiger partial charge in [-0.15, -0.1) is 0 Å². The van der Waals surface area contributed by atoms with Crippen LogP contribution in [0.3, 0.4) is 0 Å². The molecule has 0 aliphatic rings. The smallest absolute Gasteiger partial charge is 0.146 e.